The smallest absolute Gasteiger partial charge is 0.227 e. The lowest BCUT2D eigenvalue weighted by molar-refractivity contribution is -0.129. The average Bonchev–Trinajstić information content (AvgIpc) is 2.42. The number of aliphatic imine (C=N–C) groups is 2. The van der Waals surface area contributed by atoms with Crippen LogP contribution in [0.15, 0.2) is 22.1 Å². The third-order valence-electron chi connectivity index (χ3n) is 2.68. The van der Waals surface area contributed by atoms with Crippen LogP contribution < -0.4 is 5.32 Å². The van der Waals surface area contributed by atoms with Gasteiger partial charge in [0.1, 0.15) is 5.69 Å². The summed E-state index contributed by atoms with van der Waals surface area (Å²) in [4.78, 5) is 20.0. The first-order valence-electron chi connectivity index (χ1n) is 6.16. The predicted octanol–water partition coefficient (Wildman–Crippen LogP) is 4.99. The second kappa shape index (κ2) is 7.93. The van der Waals surface area contributed by atoms with Crippen molar-refractivity contribution in [2.45, 2.75) is 26.9 Å². The first-order valence-corrected chi connectivity index (χ1v) is 7.73. The van der Waals surface area contributed by atoms with E-state index in [2.05, 4.69) is 50.1 Å². The molecule has 0 saturated heterocycles. The summed E-state index contributed by atoms with van der Waals surface area (Å²) in [6.07, 6.45) is -0.784. The van der Waals surface area contributed by atoms with Crippen molar-refractivity contribution in [3.05, 3.63) is 27.7 Å². The molecule has 0 radical (unpaired) electrons. The quantitative estimate of drug-likeness (QED) is 0.597. The Morgan fingerprint density at radius 3 is 2.41 bits per heavy atom. The summed E-state index contributed by atoms with van der Waals surface area (Å²) in [5.74, 6) is -0.211. The topological polar surface area (TPSA) is 53.8 Å². The fraction of sp³-hybridized carbons (Fsp3) is 0.357. The molecule has 0 saturated carbocycles. The SMILES string of the molecule is CC(C)(C)C(=O)NC(N=C=S)c1ccc(Cl)c(N=C=S)c1Cl. The van der Waals surface area contributed by atoms with Crippen LogP contribution in [-0.2, 0) is 4.79 Å². The molecule has 4 nitrogen and oxygen atoms in total. The first kappa shape index (κ1) is 18.9. The molecule has 1 rings (SSSR count). The molecule has 116 valence electrons. The van der Waals surface area contributed by atoms with Gasteiger partial charge < -0.3 is 5.32 Å². The van der Waals surface area contributed by atoms with Gasteiger partial charge in [-0.15, -0.1) is 0 Å². The van der Waals surface area contributed by atoms with Gasteiger partial charge >= 0.3 is 0 Å². The Morgan fingerprint density at radius 1 is 1.27 bits per heavy atom. The summed E-state index contributed by atoms with van der Waals surface area (Å²) in [6.45, 7) is 5.35. The van der Waals surface area contributed by atoms with E-state index in [9.17, 15) is 4.79 Å². The van der Waals surface area contributed by atoms with Gasteiger partial charge in [-0.2, -0.15) is 4.99 Å². The highest BCUT2D eigenvalue weighted by molar-refractivity contribution is 7.78. The lowest BCUT2D eigenvalue weighted by Gasteiger charge is -2.22. The fourth-order valence-corrected chi connectivity index (χ4v) is 2.24. The van der Waals surface area contributed by atoms with Gasteiger partial charge in [-0.1, -0.05) is 50.0 Å². The maximum Gasteiger partial charge on any atom is 0.227 e. The van der Waals surface area contributed by atoms with Crippen molar-refractivity contribution in [3.63, 3.8) is 0 Å². The number of hydrogen-bond donors (Lipinski definition) is 1. The maximum absolute atomic E-state index is 12.2. The number of halogens is 2. The molecule has 1 N–H and O–H groups in total. The number of nitrogens with one attached hydrogen (secondary N) is 1. The van der Waals surface area contributed by atoms with E-state index in [1.165, 1.54) is 0 Å². The van der Waals surface area contributed by atoms with Crippen molar-refractivity contribution in [1.29, 1.82) is 0 Å². The van der Waals surface area contributed by atoms with E-state index in [1.54, 1.807) is 32.9 Å². The van der Waals surface area contributed by atoms with Crippen LogP contribution in [0.3, 0.4) is 0 Å². The minimum atomic E-state index is -0.784. The number of amides is 1. The van der Waals surface area contributed by atoms with Gasteiger partial charge in [0.2, 0.25) is 5.91 Å². The van der Waals surface area contributed by atoms with Gasteiger partial charge in [-0.3, -0.25) is 4.79 Å². The molecule has 0 fully saturated rings. The predicted molar refractivity (Wildman–Crippen MR) is 96.5 cm³/mol. The molecule has 1 aromatic rings. The Morgan fingerprint density at radius 2 is 1.91 bits per heavy atom. The summed E-state index contributed by atoms with van der Waals surface area (Å²) in [7, 11) is 0. The fourth-order valence-electron chi connectivity index (χ4n) is 1.49. The summed E-state index contributed by atoms with van der Waals surface area (Å²) in [5.41, 5.74) is 0.166. The molecule has 0 aliphatic carbocycles. The van der Waals surface area contributed by atoms with Crippen molar-refractivity contribution >= 4 is 69.6 Å². The van der Waals surface area contributed by atoms with Crippen LogP contribution in [-0.4, -0.2) is 16.2 Å². The van der Waals surface area contributed by atoms with Crippen molar-refractivity contribution in [2.75, 3.05) is 0 Å². The Kier molecular flexibility index (Phi) is 6.82. The Balaban J connectivity index is 3.34. The lowest BCUT2D eigenvalue weighted by Crippen LogP contribution is -2.36. The minimum Gasteiger partial charge on any atom is -0.329 e. The number of carbonyl (C=O) groups excluding carboxylic acids is 1. The van der Waals surface area contributed by atoms with E-state index in [4.69, 9.17) is 23.2 Å². The van der Waals surface area contributed by atoms with Gasteiger partial charge in [0, 0.05) is 11.0 Å². The van der Waals surface area contributed by atoms with Crippen LogP contribution in [0.1, 0.15) is 32.5 Å². The van der Waals surface area contributed by atoms with Crippen LogP contribution in [0.4, 0.5) is 5.69 Å². The normalized spacial score (nSPS) is 11.9. The number of benzene rings is 1. The molecule has 0 aliphatic heterocycles. The molecule has 1 unspecified atom stereocenters. The van der Waals surface area contributed by atoms with E-state index in [-0.39, 0.29) is 16.6 Å². The highest BCUT2D eigenvalue weighted by atomic mass is 35.5. The Bertz CT molecular complexity index is 688. The third-order valence-corrected chi connectivity index (χ3v) is 3.58. The number of isothiocyanates is 2. The Hall–Kier alpha value is -1.13. The third kappa shape index (κ3) is 4.68. The molecule has 0 aromatic heterocycles. The molecule has 1 atom stereocenters. The van der Waals surface area contributed by atoms with E-state index >= 15 is 0 Å². The molecule has 8 heteroatoms. The molecule has 1 amide bonds. The molecule has 0 heterocycles. The van der Waals surface area contributed by atoms with Gasteiger partial charge in [-0.05, 0) is 30.5 Å². The highest BCUT2D eigenvalue weighted by Gasteiger charge is 2.26. The number of thiocarbonyl (C=S) groups is 2. The van der Waals surface area contributed by atoms with Gasteiger partial charge in [0.15, 0.2) is 6.17 Å². The van der Waals surface area contributed by atoms with E-state index < -0.39 is 11.6 Å². The van der Waals surface area contributed by atoms with E-state index in [0.29, 0.717) is 10.6 Å². The second-order valence-electron chi connectivity index (χ2n) is 5.35. The number of hydrogen-bond acceptors (Lipinski definition) is 5. The highest BCUT2D eigenvalue weighted by Crippen LogP contribution is 2.38. The average molecular weight is 374 g/mol. The molecule has 1 aromatic carbocycles. The Labute approximate surface area is 149 Å². The van der Waals surface area contributed by atoms with Gasteiger partial charge in [0.05, 0.1) is 20.4 Å². The van der Waals surface area contributed by atoms with Crippen LogP contribution in [0.5, 0.6) is 0 Å². The van der Waals surface area contributed by atoms with E-state index in [0.717, 1.165) is 0 Å². The first-order chi connectivity index (χ1) is 10.2. The molecular weight excluding hydrogens is 361 g/mol. The zero-order valence-corrected chi connectivity index (χ0v) is 15.3. The summed E-state index contributed by atoms with van der Waals surface area (Å²) in [5, 5.41) is 7.76. The number of nitrogens with zero attached hydrogens (tertiary/aromatic N) is 2. The largest absolute Gasteiger partial charge is 0.329 e. The minimum absolute atomic E-state index is 0.211. The van der Waals surface area contributed by atoms with Crippen LogP contribution >= 0.6 is 47.6 Å². The van der Waals surface area contributed by atoms with Crippen molar-refractivity contribution in [1.82, 2.24) is 5.32 Å². The van der Waals surface area contributed by atoms with E-state index in [1.807, 2.05) is 0 Å². The molecule has 22 heavy (non-hydrogen) atoms. The zero-order chi connectivity index (χ0) is 16.9. The second-order valence-corrected chi connectivity index (χ2v) is 6.50. The summed E-state index contributed by atoms with van der Waals surface area (Å²) >= 11 is 21.5. The number of carbonyl (C=O) groups is 1. The van der Waals surface area contributed by atoms with Crippen LogP contribution in [0.25, 0.3) is 0 Å². The van der Waals surface area contributed by atoms with Gasteiger partial charge in [-0.25, -0.2) is 4.99 Å². The summed E-state index contributed by atoms with van der Waals surface area (Å²) < 4.78 is 0. The van der Waals surface area contributed by atoms with Crippen LogP contribution in [0.2, 0.25) is 10.0 Å². The monoisotopic (exact) mass is 373 g/mol. The van der Waals surface area contributed by atoms with Crippen molar-refractivity contribution in [3.8, 4) is 0 Å². The van der Waals surface area contributed by atoms with Crippen molar-refractivity contribution in [2.24, 2.45) is 15.4 Å². The standard InChI is InChI=1S/C14H13Cl2N3OS2/c1-14(2,3)13(20)19-12(18-7-22)8-4-5-9(15)11(10(8)16)17-6-21/h4-5,12H,1-3H3,(H,19,20). The zero-order valence-electron chi connectivity index (χ0n) is 12.1. The number of rotatable bonds is 4. The molecule has 0 spiro atoms. The summed E-state index contributed by atoms with van der Waals surface area (Å²) in [6, 6.07) is 3.22. The van der Waals surface area contributed by atoms with Gasteiger partial charge in [0.25, 0.3) is 0 Å². The van der Waals surface area contributed by atoms with Crippen molar-refractivity contribution < 1.29 is 4.79 Å². The maximum atomic E-state index is 12.2. The van der Waals surface area contributed by atoms with Crippen LogP contribution in [0, 0.1) is 5.41 Å². The molecular formula is C14H13Cl2N3OS2. The lowest BCUT2D eigenvalue weighted by atomic mass is 9.95. The molecule has 0 bridgehead atoms. The molecule has 0 aliphatic rings.